The second-order valence-corrected chi connectivity index (χ2v) is 5.45. The van der Waals surface area contributed by atoms with Crippen molar-refractivity contribution in [2.75, 3.05) is 6.54 Å². The van der Waals surface area contributed by atoms with Gasteiger partial charge in [0.15, 0.2) is 0 Å². The molecule has 0 aromatic heterocycles. The lowest BCUT2D eigenvalue weighted by Gasteiger charge is -2.35. The number of piperidine rings is 1. The van der Waals surface area contributed by atoms with Crippen LogP contribution in [0.5, 0.6) is 0 Å². The second-order valence-electron chi connectivity index (χ2n) is 5.45. The zero-order chi connectivity index (χ0) is 12.4. The van der Waals surface area contributed by atoms with E-state index in [4.69, 9.17) is 5.73 Å². The first kappa shape index (κ1) is 12.4. The van der Waals surface area contributed by atoms with Crippen molar-refractivity contribution in [2.24, 2.45) is 17.6 Å². The van der Waals surface area contributed by atoms with Crippen molar-refractivity contribution in [3.8, 4) is 0 Å². The molecular formula is C13H22N2O2. The van der Waals surface area contributed by atoms with Crippen molar-refractivity contribution in [3.63, 3.8) is 0 Å². The lowest BCUT2D eigenvalue weighted by atomic mass is 9.90. The summed E-state index contributed by atoms with van der Waals surface area (Å²) in [6.07, 6.45) is 6.15. The highest BCUT2D eigenvalue weighted by molar-refractivity contribution is 5.87. The number of hydrogen-bond acceptors (Lipinski definition) is 2. The van der Waals surface area contributed by atoms with Gasteiger partial charge in [0.1, 0.15) is 6.04 Å². The summed E-state index contributed by atoms with van der Waals surface area (Å²) in [5, 5.41) is 0. The first-order chi connectivity index (χ1) is 8.11. The van der Waals surface area contributed by atoms with Crippen molar-refractivity contribution in [2.45, 2.75) is 51.5 Å². The van der Waals surface area contributed by atoms with Crippen LogP contribution in [0.4, 0.5) is 0 Å². The minimum atomic E-state index is -0.399. The summed E-state index contributed by atoms with van der Waals surface area (Å²) in [5.74, 6) is 1.16. The number of carbonyl (C=O) groups excluding carboxylic acids is 2. The van der Waals surface area contributed by atoms with E-state index in [1.807, 2.05) is 6.92 Å². The van der Waals surface area contributed by atoms with Crippen molar-refractivity contribution in [1.82, 2.24) is 4.90 Å². The molecule has 1 aliphatic carbocycles. The molecule has 0 aromatic carbocycles. The first-order valence-corrected chi connectivity index (χ1v) is 6.70. The normalized spacial score (nSPS) is 27.0. The highest BCUT2D eigenvalue weighted by Crippen LogP contribution is 2.38. The second kappa shape index (κ2) is 5.07. The first-order valence-electron chi connectivity index (χ1n) is 6.70. The Morgan fingerprint density at radius 2 is 2.12 bits per heavy atom. The summed E-state index contributed by atoms with van der Waals surface area (Å²) in [6, 6.07) is -0.399. The zero-order valence-corrected chi connectivity index (χ0v) is 10.5. The average molecular weight is 238 g/mol. The predicted octanol–water partition coefficient (Wildman–Crippen LogP) is 1.29. The topological polar surface area (TPSA) is 63.4 Å². The Bertz CT molecular complexity index is 313. The molecule has 2 unspecified atom stereocenters. The highest BCUT2D eigenvalue weighted by Gasteiger charge is 2.34. The molecule has 2 atom stereocenters. The van der Waals surface area contributed by atoms with Gasteiger partial charge in [0.05, 0.1) is 0 Å². The molecule has 2 N–H and O–H groups in total. The zero-order valence-electron chi connectivity index (χ0n) is 10.5. The summed E-state index contributed by atoms with van der Waals surface area (Å²) < 4.78 is 0. The van der Waals surface area contributed by atoms with E-state index >= 15 is 0 Å². The van der Waals surface area contributed by atoms with Crippen LogP contribution >= 0.6 is 0 Å². The van der Waals surface area contributed by atoms with E-state index in [9.17, 15) is 9.59 Å². The monoisotopic (exact) mass is 238 g/mol. The Kier molecular flexibility index (Phi) is 3.69. The van der Waals surface area contributed by atoms with Gasteiger partial charge in [-0.25, -0.2) is 0 Å². The van der Waals surface area contributed by atoms with Gasteiger partial charge in [-0.2, -0.15) is 0 Å². The number of primary amides is 1. The van der Waals surface area contributed by atoms with Crippen LogP contribution in [0.2, 0.25) is 0 Å². The van der Waals surface area contributed by atoms with E-state index in [0.717, 1.165) is 12.3 Å². The highest BCUT2D eigenvalue weighted by atomic mass is 16.2. The minimum Gasteiger partial charge on any atom is -0.368 e. The number of nitrogens with zero attached hydrogens (tertiary/aromatic N) is 1. The van der Waals surface area contributed by atoms with Crippen LogP contribution in [-0.2, 0) is 9.59 Å². The number of carbonyl (C=O) groups is 2. The van der Waals surface area contributed by atoms with E-state index in [1.165, 1.54) is 19.3 Å². The Balaban J connectivity index is 1.89. The van der Waals surface area contributed by atoms with Crippen LogP contribution in [0.15, 0.2) is 0 Å². The van der Waals surface area contributed by atoms with Crippen LogP contribution < -0.4 is 5.73 Å². The van der Waals surface area contributed by atoms with Gasteiger partial charge in [-0.15, -0.1) is 0 Å². The van der Waals surface area contributed by atoms with Crippen LogP contribution in [0.1, 0.15) is 45.4 Å². The molecule has 0 radical (unpaired) electrons. The summed E-state index contributed by atoms with van der Waals surface area (Å²) >= 11 is 0. The Hall–Kier alpha value is -1.06. The fourth-order valence-corrected chi connectivity index (χ4v) is 2.84. The molecule has 2 fully saturated rings. The summed E-state index contributed by atoms with van der Waals surface area (Å²) in [4.78, 5) is 25.0. The molecule has 1 aliphatic heterocycles. The largest absolute Gasteiger partial charge is 0.368 e. The maximum Gasteiger partial charge on any atom is 0.240 e. The molecule has 0 aromatic rings. The van der Waals surface area contributed by atoms with Crippen molar-refractivity contribution in [1.29, 1.82) is 0 Å². The summed E-state index contributed by atoms with van der Waals surface area (Å²) in [6.45, 7) is 2.61. The van der Waals surface area contributed by atoms with Gasteiger partial charge in [-0.05, 0) is 31.1 Å². The Morgan fingerprint density at radius 1 is 1.41 bits per heavy atom. The lowest BCUT2D eigenvalue weighted by Crippen LogP contribution is -2.50. The summed E-state index contributed by atoms with van der Waals surface area (Å²) in [5.41, 5.74) is 5.33. The van der Waals surface area contributed by atoms with Gasteiger partial charge in [0.25, 0.3) is 0 Å². The fourth-order valence-electron chi connectivity index (χ4n) is 2.84. The van der Waals surface area contributed by atoms with E-state index in [-0.39, 0.29) is 11.8 Å². The fraction of sp³-hybridized carbons (Fsp3) is 0.846. The molecule has 17 heavy (non-hydrogen) atoms. The van der Waals surface area contributed by atoms with Crippen molar-refractivity contribution in [3.05, 3.63) is 0 Å². The smallest absolute Gasteiger partial charge is 0.240 e. The maximum absolute atomic E-state index is 12.0. The minimum absolute atomic E-state index is 0.118. The standard InChI is InChI=1S/C13H22N2O2/c1-2-11(13(14)17)15-6-5-10(8-12(15)16)7-9-3-4-9/h9-11H,2-8H2,1H3,(H2,14,17). The molecule has 0 bridgehead atoms. The third kappa shape index (κ3) is 2.99. The maximum atomic E-state index is 12.0. The molecule has 0 spiro atoms. The number of likely N-dealkylation sites (tertiary alicyclic amines) is 1. The molecule has 2 aliphatic rings. The van der Waals surface area contributed by atoms with Crippen molar-refractivity contribution < 1.29 is 9.59 Å². The van der Waals surface area contributed by atoms with Gasteiger partial charge >= 0.3 is 0 Å². The van der Waals surface area contributed by atoms with Gasteiger partial charge in [0.2, 0.25) is 11.8 Å². The number of amides is 2. The predicted molar refractivity (Wildman–Crippen MR) is 65.1 cm³/mol. The van der Waals surface area contributed by atoms with Gasteiger partial charge in [-0.1, -0.05) is 19.8 Å². The van der Waals surface area contributed by atoms with Crippen LogP contribution in [0.25, 0.3) is 0 Å². The van der Waals surface area contributed by atoms with Crippen LogP contribution in [-0.4, -0.2) is 29.3 Å². The molecule has 2 rings (SSSR count). The van der Waals surface area contributed by atoms with Crippen molar-refractivity contribution >= 4 is 11.8 Å². The third-order valence-corrected chi connectivity index (χ3v) is 4.02. The Morgan fingerprint density at radius 3 is 2.59 bits per heavy atom. The molecule has 4 nitrogen and oxygen atoms in total. The van der Waals surface area contributed by atoms with E-state index < -0.39 is 6.04 Å². The lowest BCUT2D eigenvalue weighted by molar-refractivity contribution is -0.143. The van der Waals surface area contributed by atoms with E-state index in [0.29, 0.717) is 25.3 Å². The van der Waals surface area contributed by atoms with E-state index in [2.05, 4.69) is 0 Å². The van der Waals surface area contributed by atoms with Gasteiger partial charge in [-0.3, -0.25) is 9.59 Å². The molecule has 1 saturated carbocycles. The molecule has 96 valence electrons. The molecule has 4 heteroatoms. The molecular weight excluding hydrogens is 216 g/mol. The number of nitrogens with two attached hydrogens (primary N) is 1. The van der Waals surface area contributed by atoms with Crippen LogP contribution in [0.3, 0.4) is 0 Å². The molecule has 2 amide bonds. The SMILES string of the molecule is CCC(C(N)=O)N1CCC(CC2CC2)CC1=O. The van der Waals surface area contributed by atoms with Crippen LogP contribution in [0, 0.1) is 11.8 Å². The molecule has 1 heterocycles. The van der Waals surface area contributed by atoms with Gasteiger partial charge in [0, 0.05) is 13.0 Å². The van der Waals surface area contributed by atoms with E-state index in [1.54, 1.807) is 4.90 Å². The number of hydrogen-bond donors (Lipinski definition) is 1. The number of rotatable bonds is 5. The van der Waals surface area contributed by atoms with Gasteiger partial charge < -0.3 is 10.6 Å². The average Bonchev–Trinajstić information content (AvgIpc) is 3.05. The Labute approximate surface area is 103 Å². The molecule has 1 saturated heterocycles. The third-order valence-electron chi connectivity index (χ3n) is 4.02. The summed E-state index contributed by atoms with van der Waals surface area (Å²) in [7, 11) is 0. The quantitative estimate of drug-likeness (QED) is 0.784.